The van der Waals surface area contributed by atoms with E-state index in [0.717, 1.165) is 103 Å². The lowest BCUT2D eigenvalue weighted by molar-refractivity contribution is -0.167. The number of hydrogen-bond acceptors (Lipinski definition) is 6. The Morgan fingerprint density at radius 2 is 0.651 bits per heavy atom. The van der Waals surface area contributed by atoms with Crippen LogP contribution in [0, 0.1) is 0 Å². The number of carbonyl (C=O) groups is 3. The lowest BCUT2D eigenvalue weighted by Gasteiger charge is -2.18. The van der Waals surface area contributed by atoms with Gasteiger partial charge in [-0.05, 0) is 77.0 Å². The first kappa shape index (κ1) is 60.1. The highest BCUT2D eigenvalue weighted by Gasteiger charge is 2.19. The zero-order valence-electron chi connectivity index (χ0n) is 41.6. The summed E-state index contributed by atoms with van der Waals surface area (Å²) in [4.78, 5) is 37.9. The van der Waals surface area contributed by atoms with Crippen molar-refractivity contribution in [2.75, 3.05) is 13.2 Å². The van der Waals surface area contributed by atoms with Crippen molar-refractivity contribution < 1.29 is 28.6 Å². The summed E-state index contributed by atoms with van der Waals surface area (Å²) in [5.74, 6) is -0.885. The SMILES string of the molecule is CC/C=C\C/C=C\C/C=C\C/C=C\CCCCCCCCCCCCCCC(=O)OCC(COC(=O)CCCCCCCCCCCC)OC(=O)CCCCCCC/C=C\CCC. The van der Waals surface area contributed by atoms with Crippen molar-refractivity contribution >= 4 is 17.9 Å². The summed E-state index contributed by atoms with van der Waals surface area (Å²) in [5, 5.41) is 0. The zero-order valence-corrected chi connectivity index (χ0v) is 41.6. The number of unbranched alkanes of at least 4 members (excludes halogenated alkanes) is 27. The maximum absolute atomic E-state index is 12.7. The first-order valence-electron chi connectivity index (χ1n) is 26.8. The predicted molar refractivity (Wildman–Crippen MR) is 270 cm³/mol. The van der Waals surface area contributed by atoms with Crippen LogP contribution >= 0.6 is 0 Å². The van der Waals surface area contributed by atoms with E-state index >= 15 is 0 Å². The van der Waals surface area contributed by atoms with Gasteiger partial charge in [-0.2, -0.15) is 0 Å². The minimum absolute atomic E-state index is 0.0756. The molecule has 1 atom stereocenters. The summed E-state index contributed by atoms with van der Waals surface area (Å²) in [6.07, 6.45) is 63.7. The minimum Gasteiger partial charge on any atom is -0.462 e. The number of rotatable bonds is 48. The van der Waals surface area contributed by atoms with Gasteiger partial charge in [-0.15, -0.1) is 0 Å². The molecule has 0 bridgehead atoms. The van der Waals surface area contributed by atoms with E-state index in [9.17, 15) is 14.4 Å². The van der Waals surface area contributed by atoms with Gasteiger partial charge in [0, 0.05) is 19.3 Å². The molecule has 0 spiro atoms. The average molecular weight is 881 g/mol. The van der Waals surface area contributed by atoms with Crippen LogP contribution in [0.4, 0.5) is 0 Å². The molecule has 0 amide bonds. The molecule has 0 aromatic rings. The Morgan fingerprint density at radius 3 is 1.05 bits per heavy atom. The number of esters is 3. The average Bonchev–Trinajstić information content (AvgIpc) is 3.28. The fourth-order valence-corrected chi connectivity index (χ4v) is 7.49. The quantitative estimate of drug-likeness (QED) is 0.0262. The third-order valence-corrected chi connectivity index (χ3v) is 11.5. The highest BCUT2D eigenvalue weighted by atomic mass is 16.6. The normalized spacial score (nSPS) is 12.5. The molecule has 0 saturated heterocycles. The first-order valence-corrected chi connectivity index (χ1v) is 26.8. The molecule has 0 aromatic heterocycles. The van der Waals surface area contributed by atoms with Gasteiger partial charge in [0.1, 0.15) is 13.2 Å². The molecule has 0 fully saturated rings. The van der Waals surface area contributed by atoms with Crippen LogP contribution in [0.2, 0.25) is 0 Å². The second-order valence-corrected chi connectivity index (χ2v) is 17.8. The molecule has 63 heavy (non-hydrogen) atoms. The van der Waals surface area contributed by atoms with E-state index in [-0.39, 0.29) is 31.1 Å². The van der Waals surface area contributed by atoms with Gasteiger partial charge < -0.3 is 14.2 Å². The molecular formula is C57H100O6. The third kappa shape index (κ3) is 50.0. The Hall–Kier alpha value is -2.89. The van der Waals surface area contributed by atoms with E-state index in [1.807, 2.05) is 0 Å². The van der Waals surface area contributed by atoms with Gasteiger partial charge in [-0.3, -0.25) is 14.4 Å². The van der Waals surface area contributed by atoms with Crippen molar-refractivity contribution in [3.8, 4) is 0 Å². The van der Waals surface area contributed by atoms with Crippen LogP contribution in [0.15, 0.2) is 60.8 Å². The smallest absolute Gasteiger partial charge is 0.306 e. The second-order valence-electron chi connectivity index (χ2n) is 17.8. The number of allylic oxidation sites excluding steroid dienone is 10. The van der Waals surface area contributed by atoms with Crippen LogP contribution in [0.3, 0.4) is 0 Å². The fourth-order valence-electron chi connectivity index (χ4n) is 7.49. The van der Waals surface area contributed by atoms with E-state index in [4.69, 9.17) is 14.2 Å². The van der Waals surface area contributed by atoms with Gasteiger partial charge in [-0.1, -0.05) is 229 Å². The molecule has 364 valence electrons. The largest absolute Gasteiger partial charge is 0.462 e. The van der Waals surface area contributed by atoms with Crippen molar-refractivity contribution in [2.45, 2.75) is 271 Å². The molecule has 0 aliphatic heterocycles. The van der Waals surface area contributed by atoms with Crippen LogP contribution in [-0.2, 0) is 28.6 Å². The summed E-state index contributed by atoms with van der Waals surface area (Å²) in [6, 6.07) is 0. The van der Waals surface area contributed by atoms with Crippen molar-refractivity contribution in [1.82, 2.24) is 0 Å². The molecule has 0 radical (unpaired) electrons. The molecule has 0 aliphatic rings. The first-order chi connectivity index (χ1) is 31.0. The highest BCUT2D eigenvalue weighted by Crippen LogP contribution is 2.15. The zero-order chi connectivity index (χ0) is 45.8. The van der Waals surface area contributed by atoms with Gasteiger partial charge in [0.15, 0.2) is 6.10 Å². The van der Waals surface area contributed by atoms with Crippen molar-refractivity contribution in [3.05, 3.63) is 60.8 Å². The minimum atomic E-state index is -0.774. The van der Waals surface area contributed by atoms with E-state index < -0.39 is 6.10 Å². The Bertz CT molecular complexity index is 1150. The second kappa shape index (κ2) is 51.7. The standard InChI is InChI=1S/C57H100O6/c1-4-7-10-13-16-19-22-23-24-25-26-27-28-29-30-31-32-33-34-35-36-39-41-44-47-50-56(59)62-53-54(63-57(60)51-48-45-42-38-21-18-15-12-9-6-3)52-61-55(58)49-46-43-40-37-20-17-14-11-8-5-2/h7,10,12,15-16,19,23-24,26-27,54H,4-6,8-9,11,13-14,17-18,20-22,25,28-53H2,1-3H3/b10-7-,15-12-,19-16-,24-23-,27-26-. The molecule has 0 aliphatic carbocycles. The summed E-state index contributed by atoms with van der Waals surface area (Å²) >= 11 is 0. The van der Waals surface area contributed by atoms with Crippen LogP contribution in [0.1, 0.15) is 265 Å². The molecule has 0 heterocycles. The number of hydrogen-bond donors (Lipinski definition) is 0. The van der Waals surface area contributed by atoms with Crippen LogP contribution in [0.5, 0.6) is 0 Å². The Labute approximate surface area is 390 Å². The van der Waals surface area contributed by atoms with Gasteiger partial charge in [-0.25, -0.2) is 0 Å². The maximum atomic E-state index is 12.7. The molecule has 6 nitrogen and oxygen atoms in total. The van der Waals surface area contributed by atoms with E-state index in [1.54, 1.807) is 0 Å². The number of ether oxygens (including phenoxy) is 3. The lowest BCUT2D eigenvalue weighted by Crippen LogP contribution is -2.30. The Kier molecular flexibility index (Phi) is 49.4. The van der Waals surface area contributed by atoms with Gasteiger partial charge >= 0.3 is 17.9 Å². The summed E-state index contributed by atoms with van der Waals surface area (Å²) in [6.45, 7) is 6.45. The fraction of sp³-hybridized carbons (Fsp3) is 0.772. The Morgan fingerprint density at radius 1 is 0.333 bits per heavy atom. The molecule has 1 unspecified atom stereocenters. The number of carbonyl (C=O) groups excluding carboxylic acids is 3. The van der Waals surface area contributed by atoms with Crippen molar-refractivity contribution in [2.24, 2.45) is 0 Å². The van der Waals surface area contributed by atoms with Crippen LogP contribution < -0.4 is 0 Å². The molecule has 0 aromatic carbocycles. The predicted octanol–water partition coefficient (Wildman–Crippen LogP) is 17.6. The van der Waals surface area contributed by atoms with Gasteiger partial charge in [0.2, 0.25) is 0 Å². The van der Waals surface area contributed by atoms with Crippen LogP contribution in [0.25, 0.3) is 0 Å². The molecular weight excluding hydrogens is 781 g/mol. The third-order valence-electron chi connectivity index (χ3n) is 11.5. The van der Waals surface area contributed by atoms with Crippen molar-refractivity contribution in [1.29, 1.82) is 0 Å². The Balaban J connectivity index is 4.16. The summed E-state index contributed by atoms with van der Waals surface area (Å²) in [5.41, 5.74) is 0. The van der Waals surface area contributed by atoms with Crippen molar-refractivity contribution in [3.63, 3.8) is 0 Å². The van der Waals surface area contributed by atoms with Gasteiger partial charge in [0.25, 0.3) is 0 Å². The molecule has 0 rings (SSSR count). The van der Waals surface area contributed by atoms with E-state index in [0.29, 0.717) is 19.3 Å². The monoisotopic (exact) mass is 881 g/mol. The van der Waals surface area contributed by atoms with Crippen LogP contribution in [-0.4, -0.2) is 37.2 Å². The maximum Gasteiger partial charge on any atom is 0.306 e. The molecule has 0 saturated carbocycles. The van der Waals surface area contributed by atoms with Gasteiger partial charge in [0.05, 0.1) is 0 Å². The highest BCUT2D eigenvalue weighted by molar-refractivity contribution is 5.71. The molecule has 6 heteroatoms. The molecule has 0 N–H and O–H groups in total. The topological polar surface area (TPSA) is 78.9 Å². The van der Waals surface area contributed by atoms with E-state index in [1.165, 1.54) is 122 Å². The summed E-state index contributed by atoms with van der Waals surface area (Å²) < 4.78 is 16.8. The van der Waals surface area contributed by atoms with E-state index in [2.05, 4.69) is 81.5 Å². The summed E-state index contributed by atoms with van der Waals surface area (Å²) in [7, 11) is 0. The lowest BCUT2D eigenvalue weighted by atomic mass is 10.0.